The number of hydrogen-bond acceptors (Lipinski definition) is 5. The molecule has 0 saturated carbocycles. The van der Waals surface area contributed by atoms with Gasteiger partial charge in [0, 0.05) is 24.7 Å². The Balaban J connectivity index is 0.00000288. The average Bonchev–Trinajstić information content (AvgIpc) is 2.61. The summed E-state index contributed by atoms with van der Waals surface area (Å²) in [5.74, 6) is 2.97. The maximum Gasteiger partial charge on any atom is 0.164 e. The van der Waals surface area contributed by atoms with Crippen molar-refractivity contribution in [1.82, 2.24) is 5.32 Å². The van der Waals surface area contributed by atoms with Crippen molar-refractivity contribution in [3.05, 3.63) is 47.5 Å². The molecule has 0 bridgehead atoms. The summed E-state index contributed by atoms with van der Waals surface area (Å²) in [6, 6.07) is 11.7. The van der Waals surface area contributed by atoms with Gasteiger partial charge in [-0.05, 0) is 23.8 Å². The summed E-state index contributed by atoms with van der Waals surface area (Å²) in [6.07, 6.45) is 0. The van der Waals surface area contributed by atoms with Crippen molar-refractivity contribution in [3.8, 4) is 23.0 Å². The first kappa shape index (κ1) is 19.9. The predicted molar refractivity (Wildman–Crippen MR) is 96.9 cm³/mol. The first-order valence-electron chi connectivity index (χ1n) is 7.34. The van der Waals surface area contributed by atoms with Crippen molar-refractivity contribution in [2.45, 2.75) is 13.1 Å². The zero-order valence-electron chi connectivity index (χ0n) is 14.4. The van der Waals surface area contributed by atoms with Crippen LogP contribution in [0.2, 0.25) is 0 Å². The third-order valence-corrected chi connectivity index (χ3v) is 3.59. The van der Waals surface area contributed by atoms with E-state index in [4.69, 9.17) is 18.9 Å². The lowest BCUT2D eigenvalue weighted by Gasteiger charge is -2.14. The topological polar surface area (TPSA) is 49.0 Å². The number of benzene rings is 2. The summed E-state index contributed by atoms with van der Waals surface area (Å²) in [5.41, 5.74) is 2.20. The predicted octanol–water partition coefficient (Wildman–Crippen LogP) is 3.43. The zero-order chi connectivity index (χ0) is 16.7. The third-order valence-electron chi connectivity index (χ3n) is 3.59. The molecule has 2 rings (SSSR count). The molecule has 0 heterocycles. The van der Waals surface area contributed by atoms with E-state index in [9.17, 15) is 0 Å². The van der Waals surface area contributed by atoms with E-state index in [0.29, 0.717) is 18.0 Å². The molecule has 2 aromatic carbocycles. The van der Waals surface area contributed by atoms with E-state index in [0.717, 1.165) is 23.6 Å². The van der Waals surface area contributed by atoms with Crippen LogP contribution >= 0.6 is 12.4 Å². The van der Waals surface area contributed by atoms with Gasteiger partial charge < -0.3 is 24.3 Å². The fourth-order valence-corrected chi connectivity index (χ4v) is 2.32. The largest absolute Gasteiger partial charge is 0.497 e. The minimum atomic E-state index is 0. The molecule has 0 atom stereocenters. The average molecular weight is 354 g/mol. The van der Waals surface area contributed by atoms with Crippen LogP contribution in [0.1, 0.15) is 11.1 Å². The second kappa shape index (κ2) is 9.90. The molecule has 132 valence electrons. The van der Waals surface area contributed by atoms with Crippen LogP contribution in [0.4, 0.5) is 0 Å². The first-order valence-corrected chi connectivity index (χ1v) is 7.34. The van der Waals surface area contributed by atoms with Gasteiger partial charge in [0.1, 0.15) is 11.5 Å². The highest BCUT2D eigenvalue weighted by molar-refractivity contribution is 5.85. The van der Waals surface area contributed by atoms with Gasteiger partial charge in [-0.1, -0.05) is 12.1 Å². The van der Waals surface area contributed by atoms with E-state index < -0.39 is 0 Å². The first-order chi connectivity index (χ1) is 11.2. The van der Waals surface area contributed by atoms with Crippen LogP contribution in [0, 0.1) is 0 Å². The molecular formula is C18H24ClNO4. The standard InChI is InChI=1S/C18H23NO4.ClH/c1-20-15-7-5-13(6-8-15)11-19-12-14-9-17(22-3)18(23-4)10-16(14)21-2;/h5-10,19H,11-12H2,1-4H3;1H. The third kappa shape index (κ3) is 4.94. The van der Waals surface area contributed by atoms with Crippen LogP contribution in [0.15, 0.2) is 36.4 Å². The molecule has 6 heteroatoms. The monoisotopic (exact) mass is 353 g/mol. The summed E-state index contributed by atoms with van der Waals surface area (Å²) >= 11 is 0. The molecule has 1 N–H and O–H groups in total. The number of rotatable bonds is 8. The van der Waals surface area contributed by atoms with Gasteiger partial charge in [-0.25, -0.2) is 0 Å². The molecule has 0 aliphatic carbocycles. The molecule has 0 amide bonds. The molecule has 24 heavy (non-hydrogen) atoms. The van der Waals surface area contributed by atoms with Gasteiger partial charge in [-0.3, -0.25) is 0 Å². The Morgan fingerprint density at radius 2 is 1.29 bits per heavy atom. The highest BCUT2D eigenvalue weighted by Gasteiger charge is 2.11. The Hall–Kier alpha value is -2.11. The SMILES string of the molecule is COc1ccc(CNCc2cc(OC)c(OC)cc2OC)cc1.Cl. The van der Waals surface area contributed by atoms with Gasteiger partial charge in [-0.2, -0.15) is 0 Å². The molecule has 0 aromatic heterocycles. The quantitative estimate of drug-likeness (QED) is 0.787. The van der Waals surface area contributed by atoms with Gasteiger partial charge >= 0.3 is 0 Å². The summed E-state index contributed by atoms with van der Waals surface area (Å²) < 4.78 is 21.2. The summed E-state index contributed by atoms with van der Waals surface area (Å²) in [4.78, 5) is 0. The van der Waals surface area contributed by atoms with E-state index >= 15 is 0 Å². The highest BCUT2D eigenvalue weighted by Crippen LogP contribution is 2.34. The van der Waals surface area contributed by atoms with Gasteiger partial charge in [0.15, 0.2) is 11.5 Å². The van der Waals surface area contributed by atoms with Gasteiger partial charge in [-0.15, -0.1) is 12.4 Å². The Bertz CT molecular complexity index is 632. The Labute approximate surface area is 149 Å². The molecule has 0 fully saturated rings. The Kier molecular flexibility index (Phi) is 8.22. The summed E-state index contributed by atoms with van der Waals surface area (Å²) in [5, 5.41) is 3.40. The van der Waals surface area contributed by atoms with E-state index in [1.165, 1.54) is 5.56 Å². The lowest BCUT2D eigenvalue weighted by atomic mass is 10.1. The van der Waals surface area contributed by atoms with Crippen molar-refractivity contribution in [1.29, 1.82) is 0 Å². The fourth-order valence-electron chi connectivity index (χ4n) is 2.32. The molecule has 2 aromatic rings. The van der Waals surface area contributed by atoms with Crippen molar-refractivity contribution in [3.63, 3.8) is 0 Å². The van der Waals surface area contributed by atoms with Gasteiger partial charge in [0.05, 0.1) is 28.4 Å². The Morgan fingerprint density at radius 1 is 0.708 bits per heavy atom. The van der Waals surface area contributed by atoms with Crippen molar-refractivity contribution in [2.24, 2.45) is 0 Å². The molecule has 0 unspecified atom stereocenters. The lowest BCUT2D eigenvalue weighted by molar-refractivity contribution is 0.347. The number of hydrogen-bond donors (Lipinski definition) is 1. The Morgan fingerprint density at radius 3 is 1.83 bits per heavy atom. The molecule has 0 spiro atoms. The second-order valence-corrected chi connectivity index (χ2v) is 4.97. The van der Waals surface area contributed by atoms with Crippen LogP contribution in [0.3, 0.4) is 0 Å². The van der Waals surface area contributed by atoms with Crippen molar-refractivity contribution < 1.29 is 18.9 Å². The maximum absolute atomic E-state index is 5.43. The molecule has 0 radical (unpaired) electrons. The molecule has 0 saturated heterocycles. The zero-order valence-corrected chi connectivity index (χ0v) is 15.2. The van der Waals surface area contributed by atoms with E-state index in [1.807, 2.05) is 36.4 Å². The van der Waals surface area contributed by atoms with Crippen LogP contribution in [-0.2, 0) is 13.1 Å². The van der Waals surface area contributed by atoms with Crippen molar-refractivity contribution in [2.75, 3.05) is 28.4 Å². The second-order valence-electron chi connectivity index (χ2n) is 4.97. The number of ether oxygens (including phenoxy) is 4. The smallest absolute Gasteiger partial charge is 0.164 e. The highest BCUT2D eigenvalue weighted by atomic mass is 35.5. The summed E-state index contributed by atoms with van der Waals surface area (Å²) in [6.45, 7) is 1.41. The molecular weight excluding hydrogens is 330 g/mol. The molecule has 0 aliphatic heterocycles. The van der Waals surface area contributed by atoms with Gasteiger partial charge in [0.2, 0.25) is 0 Å². The molecule has 0 aliphatic rings. The summed E-state index contributed by atoms with van der Waals surface area (Å²) in [7, 11) is 6.54. The van der Waals surface area contributed by atoms with Crippen LogP contribution in [0.25, 0.3) is 0 Å². The molecule has 5 nitrogen and oxygen atoms in total. The normalized spacial score (nSPS) is 9.83. The van der Waals surface area contributed by atoms with E-state index in [1.54, 1.807) is 28.4 Å². The number of methoxy groups -OCH3 is 4. The van der Waals surface area contributed by atoms with Gasteiger partial charge in [0.25, 0.3) is 0 Å². The van der Waals surface area contributed by atoms with E-state index in [2.05, 4.69) is 5.32 Å². The fraction of sp³-hybridized carbons (Fsp3) is 0.333. The number of nitrogens with one attached hydrogen (secondary N) is 1. The maximum atomic E-state index is 5.43. The van der Waals surface area contributed by atoms with Crippen molar-refractivity contribution >= 4 is 12.4 Å². The minimum absolute atomic E-state index is 0. The van der Waals surface area contributed by atoms with Crippen LogP contribution < -0.4 is 24.3 Å². The van der Waals surface area contributed by atoms with Crippen LogP contribution in [0.5, 0.6) is 23.0 Å². The van der Waals surface area contributed by atoms with E-state index in [-0.39, 0.29) is 12.4 Å². The number of halogens is 1. The lowest BCUT2D eigenvalue weighted by Crippen LogP contribution is -2.13. The minimum Gasteiger partial charge on any atom is -0.497 e. The van der Waals surface area contributed by atoms with Crippen LogP contribution in [-0.4, -0.2) is 28.4 Å².